The summed E-state index contributed by atoms with van der Waals surface area (Å²) >= 11 is 0. The Hall–Kier alpha value is -1.63. The lowest BCUT2D eigenvalue weighted by atomic mass is 10.1. The van der Waals surface area contributed by atoms with Crippen LogP contribution in [0, 0.1) is 6.92 Å². The van der Waals surface area contributed by atoms with Gasteiger partial charge in [-0.15, -0.1) is 0 Å². The average Bonchev–Trinajstić information content (AvgIpc) is 2.35. The van der Waals surface area contributed by atoms with Crippen molar-refractivity contribution < 1.29 is 22.7 Å². The second-order valence-corrected chi connectivity index (χ2v) is 5.29. The van der Waals surface area contributed by atoms with Crippen LogP contribution in [0.3, 0.4) is 0 Å². The highest BCUT2D eigenvalue weighted by atomic mass is 19.4. The second kappa shape index (κ2) is 5.63. The maximum absolute atomic E-state index is 12.6. The molecule has 0 saturated carbocycles. The summed E-state index contributed by atoms with van der Waals surface area (Å²) in [6.45, 7) is 5.96. The molecule has 1 aromatic heterocycles. The Labute approximate surface area is 120 Å². The van der Waals surface area contributed by atoms with Crippen molar-refractivity contribution >= 4 is 5.91 Å². The van der Waals surface area contributed by atoms with Crippen LogP contribution in [0.2, 0.25) is 0 Å². The van der Waals surface area contributed by atoms with E-state index in [0.717, 1.165) is 6.07 Å². The number of carbonyl (C=O) groups is 1. The number of aryl methyl sites for hydroxylation is 1. The molecule has 21 heavy (non-hydrogen) atoms. The Kier molecular flexibility index (Phi) is 4.22. The van der Waals surface area contributed by atoms with Crippen molar-refractivity contribution in [3.8, 4) is 0 Å². The third-order valence-electron chi connectivity index (χ3n) is 3.31. The molecule has 1 aliphatic rings. The molecule has 0 aliphatic carbocycles. The summed E-state index contributed by atoms with van der Waals surface area (Å²) in [5.74, 6) is -0.310. The average molecular weight is 302 g/mol. The van der Waals surface area contributed by atoms with E-state index in [1.54, 1.807) is 4.90 Å². The summed E-state index contributed by atoms with van der Waals surface area (Å²) in [5, 5.41) is 0. The standard InChI is InChI=1S/C14H17F3N2O2/c1-8-6-19(7-9(2)21-8)13(20)11-4-5-12(14(15,16)17)18-10(11)3/h4-5,8-9H,6-7H2,1-3H3. The van der Waals surface area contributed by atoms with E-state index in [9.17, 15) is 18.0 Å². The number of rotatable bonds is 1. The minimum absolute atomic E-state index is 0.0848. The Morgan fingerprint density at radius 2 is 1.86 bits per heavy atom. The van der Waals surface area contributed by atoms with Gasteiger partial charge in [-0.05, 0) is 32.9 Å². The first-order chi connectivity index (χ1) is 9.68. The molecule has 0 aromatic carbocycles. The first kappa shape index (κ1) is 15.8. The van der Waals surface area contributed by atoms with Crippen LogP contribution in [0.5, 0.6) is 0 Å². The molecule has 2 atom stereocenters. The van der Waals surface area contributed by atoms with E-state index in [1.165, 1.54) is 13.0 Å². The number of aromatic nitrogens is 1. The van der Waals surface area contributed by atoms with Crippen LogP contribution in [0.15, 0.2) is 12.1 Å². The van der Waals surface area contributed by atoms with Crippen molar-refractivity contribution in [2.24, 2.45) is 0 Å². The Morgan fingerprint density at radius 1 is 1.29 bits per heavy atom. The predicted molar refractivity (Wildman–Crippen MR) is 69.9 cm³/mol. The molecule has 0 spiro atoms. The van der Waals surface area contributed by atoms with Crippen molar-refractivity contribution in [1.82, 2.24) is 9.88 Å². The van der Waals surface area contributed by atoms with E-state index < -0.39 is 11.9 Å². The minimum Gasteiger partial charge on any atom is -0.372 e. The van der Waals surface area contributed by atoms with E-state index in [2.05, 4.69) is 4.98 Å². The van der Waals surface area contributed by atoms with E-state index in [-0.39, 0.29) is 29.4 Å². The van der Waals surface area contributed by atoms with E-state index in [0.29, 0.717) is 13.1 Å². The fourth-order valence-corrected chi connectivity index (χ4v) is 2.46. The van der Waals surface area contributed by atoms with Crippen LogP contribution in [-0.2, 0) is 10.9 Å². The van der Waals surface area contributed by atoms with Crippen LogP contribution in [0.25, 0.3) is 0 Å². The Morgan fingerprint density at radius 3 is 2.33 bits per heavy atom. The summed E-state index contributed by atoms with van der Waals surface area (Å²) in [4.78, 5) is 17.5. The fourth-order valence-electron chi connectivity index (χ4n) is 2.46. The largest absolute Gasteiger partial charge is 0.433 e. The van der Waals surface area contributed by atoms with Gasteiger partial charge in [0.05, 0.1) is 23.5 Å². The first-order valence-electron chi connectivity index (χ1n) is 6.68. The lowest BCUT2D eigenvalue weighted by molar-refractivity contribution is -0.141. The first-order valence-corrected chi connectivity index (χ1v) is 6.68. The predicted octanol–water partition coefficient (Wildman–Crippen LogP) is 2.66. The molecule has 0 N–H and O–H groups in total. The molecule has 2 heterocycles. The summed E-state index contributed by atoms with van der Waals surface area (Å²) in [6.07, 6.45) is -4.70. The molecular formula is C14H17F3N2O2. The number of nitrogens with zero attached hydrogens (tertiary/aromatic N) is 2. The molecule has 0 radical (unpaired) electrons. The smallest absolute Gasteiger partial charge is 0.372 e. The summed E-state index contributed by atoms with van der Waals surface area (Å²) < 4.78 is 43.3. The number of alkyl halides is 3. The SMILES string of the molecule is Cc1nc(C(F)(F)F)ccc1C(=O)N1CC(C)OC(C)C1. The molecule has 2 unspecified atom stereocenters. The number of hydrogen-bond donors (Lipinski definition) is 0. The van der Waals surface area contributed by atoms with Gasteiger partial charge in [0.25, 0.3) is 5.91 Å². The quantitative estimate of drug-likeness (QED) is 0.801. The summed E-state index contributed by atoms with van der Waals surface area (Å²) in [6, 6.07) is 2.03. The highest BCUT2D eigenvalue weighted by Crippen LogP contribution is 2.28. The zero-order valence-corrected chi connectivity index (χ0v) is 12.1. The van der Waals surface area contributed by atoms with Gasteiger partial charge in [0.15, 0.2) is 0 Å². The maximum Gasteiger partial charge on any atom is 0.433 e. The molecule has 1 aliphatic heterocycles. The van der Waals surface area contributed by atoms with Gasteiger partial charge in [-0.2, -0.15) is 13.2 Å². The molecular weight excluding hydrogens is 285 g/mol. The minimum atomic E-state index is -4.51. The van der Waals surface area contributed by atoms with Gasteiger partial charge in [0, 0.05) is 13.1 Å². The topological polar surface area (TPSA) is 42.4 Å². The van der Waals surface area contributed by atoms with E-state index in [4.69, 9.17) is 4.74 Å². The molecule has 1 aromatic rings. The monoisotopic (exact) mass is 302 g/mol. The van der Waals surface area contributed by atoms with Gasteiger partial charge >= 0.3 is 6.18 Å². The van der Waals surface area contributed by atoms with Crippen LogP contribution < -0.4 is 0 Å². The fraction of sp³-hybridized carbons (Fsp3) is 0.571. The molecule has 1 fully saturated rings. The van der Waals surface area contributed by atoms with Gasteiger partial charge in [0.1, 0.15) is 5.69 Å². The molecule has 1 amide bonds. The summed E-state index contributed by atoms with van der Waals surface area (Å²) in [5.41, 5.74) is -0.703. The second-order valence-electron chi connectivity index (χ2n) is 5.29. The number of carbonyl (C=O) groups excluding carboxylic acids is 1. The Balaban J connectivity index is 2.23. The molecule has 2 rings (SSSR count). The van der Waals surface area contributed by atoms with Crippen LogP contribution in [0.4, 0.5) is 13.2 Å². The number of pyridine rings is 1. The Bertz CT molecular complexity index is 536. The third-order valence-corrected chi connectivity index (χ3v) is 3.31. The van der Waals surface area contributed by atoms with Crippen molar-refractivity contribution in [1.29, 1.82) is 0 Å². The number of halogens is 3. The van der Waals surface area contributed by atoms with Gasteiger partial charge in [-0.3, -0.25) is 4.79 Å². The zero-order chi connectivity index (χ0) is 15.8. The van der Waals surface area contributed by atoms with Gasteiger partial charge in [-0.1, -0.05) is 0 Å². The normalized spacial score (nSPS) is 23.2. The summed E-state index contributed by atoms with van der Waals surface area (Å²) in [7, 11) is 0. The van der Waals surface area contributed by atoms with Crippen molar-refractivity contribution in [3.05, 3.63) is 29.1 Å². The number of morpholine rings is 1. The van der Waals surface area contributed by atoms with Crippen molar-refractivity contribution in [2.75, 3.05) is 13.1 Å². The van der Waals surface area contributed by atoms with Crippen molar-refractivity contribution in [3.63, 3.8) is 0 Å². The zero-order valence-electron chi connectivity index (χ0n) is 12.1. The third kappa shape index (κ3) is 3.53. The highest BCUT2D eigenvalue weighted by Gasteiger charge is 2.34. The molecule has 4 nitrogen and oxygen atoms in total. The number of ether oxygens (including phenoxy) is 1. The van der Waals surface area contributed by atoms with E-state index in [1.807, 2.05) is 13.8 Å². The van der Waals surface area contributed by atoms with Gasteiger partial charge in [-0.25, -0.2) is 4.98 Å². The van der Waals surface area contributed by atoms with Crippen LogP contribution in [0.1, 0.15) is 35.6 Å². The van der Waals surface area contributed by atoms with E-state index >= 15 is 0 Å². The molecule has 116 valence electrons. The van der Waals surface area contributed by atoms with Gasteiger partial charge in [0.2, 0.25) is 0 Å². The van der Waals surface area contributed by atoms with Crippen molar-refractivity contribution in [2.45, 2.75) is 39.2 Å². The van der Waals surface area contributed by atoms with Crippen LogP contribution in [-0.4, -0.2) is 41.1 Å². The number of amides is 1. The number of hydrogen-bond acceptors (Lipinski definition) is 3. The van der Waals surface area contributed by atoms with Gasteiger partial charge < -0.3 is 9.64 Å². The molecule has 1 saturated heterocycles. The highest BCUT2D eigenvalue weighted by molar-refractivity contribution is 5.95. The van der Waals surface area contributed by atoms with Crippen LogP contribution >= 0.6 is 0 Å². The molecule has 0 bridgehead atoms. The molecule has 7 heteroatoms. The lowest BCUT2D eigenvalue weighted by Gasteiger charge is -2.35. The lowest BCUT2D eigenvalue weighted by Crippen LogP contribution is -2.48. The maximum atomic E-state index is 12.6.